The Morgan fingerprint density at radius 1 is 1.44 bits per heavy atom. The number of aryl methyl sites for hydroxylation is 2. The minimum Gasteiger partial charge on any atom is -0.398 e. The van der Waals surface area contributed by atoms with E-state index < -0.39 is 0 Å². The van der Waals surface area contributed by atoms with E-state index in [2.05, 4.69) is 10.3 Å². The van der Waals surface area contributed by atoms with Crippen LogP contribution in [0.5, 0.6) is 0 Å². The number of hydrogen-bond donors (Lipinski definition) is 2. The fraction of sp³-hybridized carbons (Fsp3) is 0.250. The number of anilines is 2. The van der Waals surface area contributed by atoms with Crippen molar-refractivity contribution < 1.29 is 0 Å². The Kier molecular flexibility index (Phi) is 2.81. The van der Waals surface area contributed by atoms with Gasteiger partial charge in [0, 0.05) is 30.8 Å². The fourth-order valence-corrected chi connectivity index (χ4v) is 1.50. The van der Waals surface area contributed by atoms with Gasteiger partial charge in [-0.3, -0.25) is 0 Å². The molecule has 0 saturated heterocycles. The third-order valence-corrected chi connectivity index (χ3v) is 2.65. The normalized spacial score (nSPS) is 10.4. The lowest BCUT2D eigenvalue weighted by Crippen LogP contribution is -2.06. The van der Waals surface area contributed by atoms with Gasteiger partial charge in [-0.1, -0.05) is 6.07 Å². The number of nitrogens with one attached hydrogen (secondary N) is 1. The topological polar surface area (TPSA) is 55.9 Å². The molecule has 0 amide bonds. The maximum Gasteiger partial charge on any atom is 0.127 e. The zero-order chi connectivity index (χ0) is 11.5. The second kappa shape index (κ2) is 4.26. The molecule has 0 aliphatic carbocycles. The van der Waals surface area contributed by atoms with E-state index in [9.17, 15) is 0 Å². The van der Waals surface area contributed by atoms with Gasteiger partial charge in [-0.2, -0.15) is 0 Å². The summed E-state index contributed by atoms with van der Waals surface area (Å²) in [7, 11) is 1.98. The molecule has 0 atom stereocenters. The monoisotopic (exact) mass is 216 g/mol. The molecule has 0 aliphatic rings. The first kappa shape index (κ1) is 10.5. The Morgan fingerprint density at radius 3 is 2.88 bits per heavy atom. The quantitative estimate of drug-likeness (QED) is 0.771. The molecule has 84 valence electrons. The molecule has 1 heterocycles. The second-order valence-corrected chi connectivity index (χ2v) is 3.88. The van der Waals surface area contributed by atoms with E-state index in [1.165, 1.54) is 0 Å². The van der Waals surface area contributed by atoms with Crippen molar-refractivity contribution in [1.29, 1.82) is 0 Å². The van der Waals surface area contributed by atoms with Crippen LogP contribution in [0.1, 0.15) is 11.4 Å². The summed E-state index contributed by atoms with van der Waals surface area (Å²) in [6.45, 7) is 2.70. The summed E-state index contributed by atoms with van der Waals surface area (Å²) >= 11 is 0. The van der Waals surface area contributed by atoms with Gasteiger partial charge in [0.1, 0.15) is 5.82 Å². The van der Waals surface area contributed by atoms with Gasteiger partial charge in [-0.05, 0) is 24.6 Å². The van der Waals surface area contributed by atoms with E-state index in [-0.39, 0.29) is 0 Å². The molecule has 1 aromatic carbocycles. The number of imidazole rings is 1. The third kappa shape index (κ3) is 2.16. The molecule has 0 fully saturated rings. The van der Waals surface area contributed by atoms with Crippen molar-refractivity contribution in [3.63, 3.8) is 0 Å². The van der Waals surface area contributed by atoms with Crippen LogP contribution in [0.15, 0.2) is 30.6 Å². The van der Waals surface area contributed by atoms with E-state index in [0.29, 0.717) is 6.54 Å². The predicted molar refractivity (Wildman–Crippen MR) is 66.1 cm³/mol. The Bertz CT molecular complexity index is 488. The van der Waals surface area contributed by atoms with Crippen molar-refractivity contribution >= 4 is 11.4 Å². The van der Waals surface area contributed by atoms with Gasteiger partial charge in [0.05, 0.1) is 6.54 Å². The number of nitrogens with zero attached hydrogens (tertiary/aromatic N) is 2. The largest absolute Gasteiger partial charge is 0.398 e. The number of hydrogen-bond acceptors (Lipinski definition) is 3. The van der Waals surface area contributed by atoms with Gasteiger partial charge in [0.2, 0.25) is 0 Å². The second-order valence-electron chi connectivity index (χ2n) is 3.88. The molecule has 2 rings (SSSR count). The van der Waals surface area contributed by atoms with Crippen LogP contribution < -0.4 is 11.1 Å². The highest BCUT2D eigenvalue weighted by atomic mass is 15.1. The summed E-state index contributed by atoms with van der Waals surface area (Å²) < 4.78 is 1.99. The highest BCUT2D eigenvalue weighted by Crippen LogP contribution is 2.17. The molecule has 1 aromatic heterocycles. The van der Waals surface area contributed by atoms with Crippen LogP contribution in [0.3, 0.4) is 0 Å². The number of rotatable bonds is 3. The van der Waals surface area contributed by atoms with Gasteiger partial charge < -0.3 is 15.6 Å². The molecule has 2 aromatic rings. The molecule has 3 N–H and O–H groups in total. The average Bonchev–Trinajstić information content (AvgIpc) is 2.66. The van der Waals surface area contributed by atoms with E-state index in [4.69, 9.17) is 5.73 Å². The Balaban J connectivity index is 2.05. The van der Waals surface area contributed by atoms with E-state index >= 15 is 0 Å². The van der Waals surface area contributed by atoms with Crippen molar-refractivity contribution in [1.82, 2.24) is 9.55 Å². The van der Waals surface area contributed by atoms with E-state index in [0.717, 1.165) is 22.8 Å². The van der Waals surface area contributed by atoms with Gasteiger partial charge in [-0.15, -0.1) is 0 Å². The number of nitrogens with two attached hydrogens (primary N) is 1. The third-order valence-electron chi connectivity index (χ3n) is 2.65. The van der Waals surface area contributed by atoms with Crippen molar-refractivity contribution in [3.8, 4) is 0 Å². The number of aromatic nitrogens is 2. The zero-order valence-corrected chi connectivity index (χ0v) is 9.57. The first-order chi connectivity index (χ1) is 7.66. The Hall–Kier alpha value is -1.97. The molecule has 4 heteroatoms. The Labute approximate surface area is 95.1 Å². The number of benzene rings is 1. The van der Waals surface area contributed by atoms with Crippen molar-refractivity contribution in [3.05, 3.63) is 42.0 Å². The first-order valence-corrected chi connectivity index (χ1v) is 5.23. The van der Waals surface area contributed by atoms with E-state index in [1.54, 1.807) is 6.20 Å². The molecule has 0 radical (unpaired) electrons. The summed E-state index contributed by atoms with van der Waals surface area (Å²) in [5, 5.41) is 3.29. The molecular formula is C12H16N4. The molecule has 0 saturated carbocycles. The maximum absolute atomic E-state index is 5.84. The molecular weight excluding hydrogens is 200 g/mol. The molecule has 0 unspecified atom stereocenters. The Morgan fingerprint density at radius 2 is 2.25 bits per heavy atom. The standard InChI is InChI=1S/C12H16N4/c1-9-3-4-10(7-11(9)13)15-8-12-14-5-6-16(12)2/h3-7,15H,8,13H2,1-2H3. The number of nitrogen functional groups attached to an aromatic ring is 1. The van der Waals surface area contributed by atoms with Crippen LogP contribution >= 0.6 is 0 Å². The molecule has 4 nitrogen and oxygen atoms in total. The van der Waals surface area contributed by atoms with E-state index in [1.807, 2.05) is 42.9 Å². The first-order valence-electron chi connectivity index (χ1n) is 5.23. The van der Waals surface area contributed by atoms with Crippen LogP contribution in [-0.2, 0) is 13.6 Å². The average molecular weight is 216 g/mol. The van der Waals surface area contributed by atoms with Gasteiger partial charge in [-0.25, -0.2) is 4.98 Å². The van der Waals surface area contributed by atoms with Crippen LogP contribution in [0.2, 0.25) is 0 Å². The van der Waals surface area contributed by atoms with Crippen LogP contribution in [0.4, 0.5) is 11.4 Å². The van der Waals surface area contributed by atoms with Crippen molar-refractivity contribution in [2.24, 2.45) is 7.05 Å². The maximum atomic E-state index is 5.84. The summed E-state index contributed by atoms with van der Waals surface area (Å²) in [4.78, 5) is 4.24. The lowest BCUT2D eigenvalue weighted by molar-refractivity contribution is 0.813. The molecule has 16 heavy (non-hydrogen) atoms. The highest BCUT2D eigenvalue weighted by molar-refractivity contribution is 5.58. The molecule has 0 bridgehead atoms. The molecule has 0 aliphatic heterocycles. The fourth-order valence-electron chi connectivity index (χ4n) is 1.50. The highest BCUT2D eigenvalue weighted by Gasteiger charge is 2.00. The lowest BCUT2D eigenvalue weighted by Gasteiger charge is -2.08. The van der Waals surface area contributed by atoms with Gasteiger partial charge in [0.15, 0.2) is 0 Å². The minimum atomic E-state index is 0.700. The van der Waals surface area contributed by atoms with Gasteiger partial charge >= 0.3 is 0 Å². The zero-order valence-electron chi connectivity index (χ0n) is 9.57. The summed E-state index contributed by atoms with van der Waals surface area (Å²) in [6, 6.07) is 5.98. The van der Waals surface area contributed by atoms with Crippen LogP contribution in [0, 0.1) is 6.92 Å². The predicted octanol–water partition coefficient (Wildman–Crippen LogP) is 1.92. The van der Waals surface area contributed by atoms with Crippen molar-refractivity contribution in [2.75, 3.05) is 11.1 Å². The summed E-state index contributed by atoms with van der Waals surface area (Å²) in [5.41, 5.74) is 8.77. The SMILES string of the molecule is Cc1ccc(NCc2nccn2C)cc1N. The van der Waals surface area contributed by atoms with Gasteiger partial charge in [0.25, 0.3) is 0 Å². The van der Waals surface area contributed by atoms with Crippen LogP contribution in [-0.4, -0.2) is 9.55 Å². The smallest absolute Gasteiger partial charge is 0.127 e. The summed E-state index contributed by atoms with van der Waals surface area (Å²) in [5.74, 6) is 0.999. The minimum absolute atomic E-state index is 0.700. The molecule has 0 spiro atoms. The van der Waals surface area contributed by atoms with Crippen molar-refractivity contribution in [2.45, 2.75) is 13.5 Å². The van der Waals surface area contributed by atoms with Crippen LogP contribution in [0.25, 0.3) is 0 Å². The lowest BCUT2D eigenvalue weighted by atomic mass is 10.2. The summed E-state index contributed by atoms with van der Waals surface area (Å²) in [6.07, 6.45) is 3.72.